The second-order valence-corrected chi connectivity index (χ2v) is 9.31. The topological polar surface area (TPSA) is 133 Å². The van der Waals surface area contributed by atoms with E-state index >= 15 is 0 Å². The average molecular weight is 501 g/mol. The number of amides is 3. The molecule has 1 saturated carbocycles. The van der Waals surface area contributed by atoms with E-state index in [9.17, 15) is 28.7 Å². The summed E-state index contributed by atoms with van der Waals surface area (Å²) >= 11 is 0. The predicted octanol–water partition coefficient (Wildman–Crippen LogP) is 2.59. The zero-order valence-electron chi connectivity index (χ0n) is 20.0. The van der Waals surface area contributed by atoms with Gasteiger partial charge in [0.2, 0.25) is 0 Å². The number of carbonyl (C=O) groups is 4. The van der Waals surface area contributed by atoms with E-state index < -0.39 is 41.7 Å². The van der Waals surface area contributed by atoms with Crippen LogP contribution in [0.4, 0.5) is 4.39 Å². The Bertz CT molecular complexity index is 1150. The van der Waals surface area contributed by atoms with Gasteiger partial charge in [-0.15, -0.1) is 0 Å². The SMILES string of the molecule is Cc1cc(C(=O)N2CCN(C(=O)c3cccc(F)c3)C2C(=O)NC(CC(=O)O)C2CCCCC2)no1. The highest BCUT2D eigenvalue weighted by Crippen LogP contribution is 2.29. The average Bonchev–Trinajstić information content (AvgIpc) is 3.50. The molecule has 192 valence electrons. The van der Waals surface area contributed by atoms with Gasteiger partial charge >= 0.3 is 5.97 Å². The van der Waals surface area contributed by atoms with Crippen LogP contribution in [0.15, 0.2) is 34.9 Å². The van der Waals surface area contributed by atoms with Gasteiger partial charge in [-0.3, -0.25) is 19.2 Å². The summed E-state index contributed by atoms with van der Waals surface area (Å²) in [6, 6.07) is 5.88. The van der Waals surface area contributed by atoms with E-state index in [1.165, 1.54) is 34.1 Å². The van der Waals surface area contributed by atoms with Crippen LogP contribution >= 0.6 is 0 Å². The van der Waals surface area contributed by atoms with Gasteiger partial charge in [0.1, 0.15) is 11.6 Å². The summed E-state index contributed by atoms with van der Waals surface area (Å²) in [4.78, 5) is 54.1. The van der Waals surface area contributed by atoms with Crippen molar-refractivity contribution in [1.29, 1.82) is 0 Å². The number of aryl methyl sites for hydroxylation is 1. The van der Waals surface area contributed by atoms with E-state index in [0.29, 0.717) is 5.76 Å². The Kier molecular flexibility index (Phi) is 7.66. The molecule has 2 aromatic rings. The van der Waals surface area contributed by atoms with Crippen LogP contribution in [0.25, 0.3) is 0 Å². The molecule has 10 nitrogen and oxygen atoms in total. The second-order valence-electron chi connectivity index (χ2n) is 9.31. The Morgan fingerprint density at radius 1 is 1.11 bits per heavy atom. The molecule has 1 aliphatic carbocycles. The molecule has 2 aliphatic rings. The maximum absolute atomic E-state index is 13.8. The molecule has 3 amide bonds. The fraction of sp³-hybridized carbons (Fsp3) is 0.480. The summed E-state index contributed by atoms with van der Waals surface area (Å²) in [7, 11) is 0. The van der Waals surface area contributed by atoms with Crippen molar-refractivity contribution in [2.75, 3.05) is 13.1 Å². The van der Waals surface area contributed by atoms with Crippen molar-refractivity contribution in [1.82, 2.24) is 20.3 Å². The van der Waals surface area contributed by atoms with Crippen molar-refractivity contribution in [2.24, 2.45) is 5.92 Å². The minimum atomic E-state index is -1.36. The maximum Gasteiger partial charge on any atom is 0.305 e. The number of nitrogens with zero attached hydrogens (tertiary/aromatic N) is 3. The first-order chi connectivity index (χ1) is 17.2. The molecule has 2 fully saturated rings. The van der Waals surface area contributed by atoms with Crippen LogP contribution in [0, 0.1) is 18.7 Å². The highest BCUT2D eigenvalue weighted by molar-refractivity contribution is 6.01. The summed E-state index contributed by atoms with van der Waals surface area (Å²) in [6.07, 6.45) is 2.90. The first kappa shape index (κ1) is 25.3. The molecule has 0 spiro atoms. The van der Waals surface area contributed by atoms with Crippen LogP contribution in [0.3, 0.4) is 0 Å². The van der Waals surface area contributed by atoms with Crippen LogP contribution in [-0.2, 0) is 9.59 Å². The quantitative estimate of drug-likeness (QED) is 0.597. The standard InChI is InChI=1S/C25H29FN4O6/c1-15-12-20(28-36-15)25(35)30-11-10-29(24(34)17-8-5-9-18(26)13-17)23(30)22(33)27-19(14-21(31)32)16-6-3-2-4-7-16/h5,8-9,12-13,16,19,23H,2-4,6-7,10-11,14H2,1H3,(H,27,33)(H,31,32). The van der Waals surface area contributed by atoms with Crippen LogP contribution < -0.4 is 5.32 Å². The smallest absolute Gasteiger partial charge is 0.305 e. The predicted molar refractivity (Wildman–Crippen MR) is 124 cm³/mol. The zero-order valence-corrected chi connectivity index (χ0v) is 20.0. The van der Waals surface area contributed by atoms with Crippen LogP contribution in [0.5, 0.6) is 0 Å². The Balaban J connectivity index is 1.63. The molecule has 1 saturated heterocycles. The lowest BCUT2D eigenvalue weighted by molar-refractivity contribution is -0.138. The number of carboxylic acids is 1. The number of hydrogen-bond acceptors (Lipinski definition) is 6. The molecule has 1 aromatic heterocycles. The van der Waals surface area contributed by atoms with Crippen molar-refractivity contribution in [2.45, 2.75) is 57.7 Å². The molecule has 4 rings (SSSR count). The summed E-state index contributed by atoms with van der Waals surface area (Å²) in [5, 5.41) is 16.0. The maximum atomic E-state index is 13.8. The Labute approximate surface area is 207 Å². The largest absolute Gasteiger partial charge is 0.481 e. The molecular weight excluding hydrogens is 471 g/mol. The van der Waals surface area contributed by atoms with E-state index in [0.717, 1.165) is 38.2 Å². The van der Waals surface area contributed by atoms with Gasteiger partial charge in [0, 0.05) is 30.8 Å². The molecule has 11 heteroatoms. The first-order valence-corrected chi connectivity index (χ1v) is 12.1. The molecule has 2 unspecified atom stereocenters. The van der Waals surface area contributed by atoms with Crippen molar-refractivity contribution >= 4 is 23.7 Å². The fourth-order valence-electron chi connectivity index (χ4n) is 5.06. The van der Waals surface area contributed by atoms with E-state index in [1.54, 1.807) is 6.92 Å². The Morgan fingerprint density at radius 2 is 1.81 bits per heavy atom. The number of hydrogen-bond donors (Lipinski definition) is 2. The number of rotatable bonds is 7. The van der Waals surface area contributed by atoms with Crippen LogP contribution in [0.1, 0.15) is 65.1 Å². The summed E-state index contributed by atoms with van der Waals surface area (Å²) < 4.78 is 18.8. The van der Waals surface area contributed by atoms with Crippen molar-refractivity contribution < 1.29 is 33.2 Å². The molecule has 2 atom stereocenters. The molecule has 1 aliphatic heterocycles. The second kappa shape index (κ2) is 10.9. The lowest BCUT2D eigenvalue weighted by Crippen LogP contribution is -2.57. The van der Waals surface area contributed by atoms with Gasteiger partial charge < -0.3 is 24.7 Å². The van der Waals surface area contributed by atoms with Gasteiger partial charge in [-0.1, -0.05) is 30.5 Å². The van der Waals surface area contributed by atoms with E-state index in [4.69, 9.17) is 4.52 Å². The third kappa shape index (κ3) is 5.55. The Hall–Kier alpha value is -3.76. The molecule has 0 radical (unpaired) electrons. The minimum absolute atomic E-state index is 0.0141. The third-order valence-corrected chi connectivity index (χ3v) is 6.79. The normalized spacial score (nSPS) is 19.2. The lowest BCUT2D eigenvalue weighted by Gasteiger charge is -2.34. The third-order valence-electron chi connectivity index (χ3n) is 6.79. The van der Waals surface area contributed by atoms with Gasteiger partial charge in [0.25, 0.3) is 17.7 Å². The van der Waals surface area contributed by atoms with Gasteiger partial charge in [-0.25, -0.2) is 4.39 Å². The molecule has 0 bridgehead atoms. The highest BCUT2D eigenvalue weighted by Gasteiger charge is 2.45. The van der Waals surface area contributed by atoms with Crippen molar-refractivity contribution in [3.63, 3.8) is 0 Å². The van der Waals surface area contributed by atoms with E-state index in [2.05, 4.69) is 10.5 Å². The number of nitrogens with one attached hydrogen (secondary N) is 1. The van der Waals surface area contributed by atoms with Gasteiger partial charge in [0.05, 0.1) is 6.42 Å². The van der Waals surface area contributed by atoms with E-state index in [-0.39, 0.29) is 36.7 Å². The summed E-state index contributed by atoms with van der Waals surface area (Å²) in [5.74, 6) is -3.15. The number of benzene rings is 1. The molecule has 2 heterocycles. The molecule has 2 N–H and O–H groups in total. The number of aliphatic carboxylic acids is 1. The molecular formula is C25H29FN4O6. The summed E-state index contributed by atoms with van der Waals surface area (Å²) in [5.41, 5.74) is 0.0217. The van der Waals surface area contributed by atoms with Crippen LogP contribution in [-0.4, -0.2) is 69.1 Å². The van der Waals surface area contributed by atoms with Gasteiger partial charge in [-0.2, -0.15) is 0 Å². The molecule has 36 heavy (non-hydrogen) atoms. The number of aromatic nitrogens is 1. The van der Waals surface area contributed by atoms with Gasteiger partial charge in [-0.05, 0) is 43.9 Å². The van der Waals surface area contributed by atoms with Crippen molar-refractivity contribution in [3.05, 3.63) is 53.2 Å². The lowest BCUT2D eigenvalue weighted by atomic mass is 9.82. The number of carboxylic acid groups (broad SMARTS) is 1. The van der Waals surface area contributed by atoms with Crippen molar-refractivity contribution in [3.8, 4) is 0 Å². The van der Waals surface area contributed by atoms with Crippen LogP contribution in [0.2, 0.25) is 0 Å². The minimum Gasteiger partial charge on any atom is -0.481 e. The zero-order chi connectivity index (χ0) is 25.8. The molecule has 1 aromatic carbocycles. The Morgan fingerprint density at radius 3 is 2.42 bits per heavy atom. The highest BCUT2D eigenvalue weighted by atomic mass is 19.1. The number of halogens is 1. The van der Waals surface area contributed by atoms with E-state index in [1.807, 2.05) is 0 Å². The first-order valence-electron chi connectivity index (χ1n) is 12.1. The monoisotopic (exact) mass is 500 g/mol. The summed E-state index contributed by atoms with van der Waals surface area (Å²) in [6.45, 7) is 1.69. The fourth-order valence-corrected chi connectivity index (χ4v) is 5.06. The van der Waals surface area contributed by atoms with Gasteiger partial charge in [0.15, 0.2) is 11.9 Å². The number of carbonyl (C=O) groups excluding carboxylic acids is 3.